The average molecular weight is 418 g/mol. The second-order valence-electron chi connectivity index (χ2n) is 6.83. The highest BCUT2D eigenvalue weighted by molar-refractivity contribution is 6.08. The van der Waals surface area contributed by atoms with Gasteiger partial charge in [-0.05, 0) is 36.4 Å². The molecule has 0 radical (unpaired) electrons. The molecular formula is C21H20F2N2O5. The molecule has 9 heteroatoms. The fraction of sp³-hybridized carbons (Fsp3) is 0.333. The number of hydrogen-bond donors (Lipinski definition) is 0. The molecule has 7 nitrogen and oxygen atoms in total. The van der Waals surface area contributed by atoms with Crippen LogP contribution in [0.3, 0.4) is 0 Å². The van der Waals surface area contributed by atoms with Crippen molar-refractivity contribution in [3.8, 4) is 11.5 Å². The second-order valence-corrected chi connectivity index (χ2v) is 6.83. The third-order valence-corrected chi connectivity index (χ3v) is 4.94. The van der Waals surface area contributed by atoms with E-state index in [9.17, 15) is 18.4 Å². The zero-order valence-corrected chi connectivity index (χ0v) is 16.0. The second kappa shape index (κ2) is 8.66. The molecule has 0 aliphatic carbocycles. The molecule has 2 aliphatic heterocycles. The van der Waals surface area contributed by atoms with E-state index in [1.54, 1.807) is 29.2 Å². The van der Waals surface area contributed by atoms with Crippen molar-refractivity contribution in [2.45, 2.75) is 12.7 Å². The van der Waals surface area contributed by atoms with Gasteiger partial charge in [-0.1, -0.05) is 12.1 Å². The Kier molecular flexibility index (Phi) is 5.80. The van der Waals surface area contributed by atoms with Crippen LogP contribution in [0.15, 0.2) is 48.5 Å². The first-order valence-corrected chi connectivity index (χ1v) is 9.52. The Hall–Kier alpha value is -3.20. The zero-order valence-electron chi connectivity index (χ0n) is 16.0. The smallest absolute Gasteiger partial charge is 0.387 e. The number of benzene rings is 2. The molecule has 30 heavy (non-hydrogen) atoms. The molecule has 0 aromatic heterocycles. The number of halogens is 2. The SMILES string of the molecule is O=C([C@H]1CN(C(=O)c2ccc(OC(F)F)cc2)c2ccccc2O1)N1CCOCC1. The number of rotatable bonds is 4. The van der Waals surface area contributed by atoms with Gasteiger partial charge in [0.1, 0.15) is 11.5 Å². The van der Waals surface area contributed by atoms with Crippen molar-refractivity contribution in [3.05, 3.63) is 54.1 Å². The molecule has 2 aliphatic rings. The van der Waals surface area contributed by atoms with Crippen LogP contribution in [0.4, 0.5) is 14.5 Å². The Bertz CT molecular complexity index is 916. The largest absolute Gasteiger partial charge is 0.476 e. The number of anilines is 1. The van der Waals surface area contributed by atoms with Gasteiger partial charge in [0.25, 0.3) is 11.8 Å². The van der Waals surface area contributed by atoms with E-state index in [4.69, 9.17) is 9.47 Å². The maximum absolute atomic E-state index is 13.2. The summed E-state index contributed by atoms with van der Waals surface area (Å²) in [6, 6.07) is 12.4. The molecule has 2 heterocycles. The van der Waals surface area contributed by atoms with E-state index in [1.165, 1.54) is 29.2 Å². The molecule has 0 saturated carbocycles. The Balaban J connectivity index is 1.57. The lowest BCUT2D eigenvalue weighted by molar-refractivity contribution is -0.142. The van der Waals surface area contributed by atoms with Gasteiger partial charge in [-0.25, -0.2) is 0 Å². The van der Waals surface area contributed by atoms with Gasteiger partial charge >= 0.3 is 6.61 Å². The van der Waals surface area contributed by atoms with Crippen LogP contribution in [0.1, 0.15) is 10.4 Å². The molecule has 1 fully saturated rings. The minimum Gasteiger partial charge on any atom is -0.476 e. The fourth-order valence-electron chi connectivity index (χ4n) is 3.48. The summed E-state index contributed by atoms with van der Waals surface area (Å²) in [4.78, 5) is 29.3. The summed E-state index contributed by atoms with van der Waals surface area (Å²) in [5.41, 5.74) is 0.826. The zero-order chi connectivity index (χ0) is 21.1. The lowest BCUT2D eigenvalue weighted by Crippen LogP contribution is -2.54. The van der Waals surface area contributed by atoms with Crippen LogP contribution in [0.5, 0.6) is 11.5 Å². The quantitative estimate of drug-likeness (QED) is 0.764. The number of hydrogen-bond acceptors (Lipinski definition) is 5. The number of carbonyl (C=O) groups is 2. The van der Waals surface area contributed by atoms with Gasteiger partial charge in [0, 0.05) is 18.7 Å². The number of ether oxygens (including phenoxy) is 3. The van der Waals surface area contributed by atoms with Crippen molar-refractivity contribution in [1.29, 1.82) is 0 Å². The minimum atomic E-state index is -2.94. The molecule has 158 valence electrons. The number of alkyl halides is 2. The van der Waals surface area contributed by atoms with E-state index in [1.807, 2.05) is 0 Å². The minimum absolute atomic E-state index is 0.0377. The average Bonchev–Trinajstić information content (AvgIpc) is 2.78. The van der Waals surface area contributed by atoms with Crippen LogP contribution in [0.25, 0.3) is 0 Å². The van der Waals surface area contributed by atoms with E-state index in [2.05, 4.69) is 4.74 Å². The van der Waals surface area contributed by atoms with Crippen LogP contribution < -0.4 is 14.4 Å². The number of morpholine rings is 1. The summed E-state index contributed by atoms with van der Waals surface area (Å²) in [5, 5.41) is 0. The van der Waals surface area contributed by atoms with E-state index in [0.29, 0.717) is 37.7 Å². The molecule has 0 N–H and O–H groups in total. The monoisotopic (exact) mass is 418 g/mol. The van der Waals surface area contributed by atoms with Crippen LogP contribution >= 0.6 is 0 Å². The topological polar surface area (TPSA) is 68.3 Å². The summed E-state index contributed by atoms with van der Waals surface area (Å²) in [6.07, 6.45) is -0.844. The number of carbonyl (C=O) groups excluding carboxylic acids is 2. The van der Waals surface area contributed by atoms with Gasteiger partial charge in [0.2, 0.25) is 0 Å². The number of fused-ring (bicyclic) bond motifs is 1. The Morgan fingerprint density at radius 1 is 1.03 bits per heavy atom. The highest BCUT2D eigenvalue weighted by Gasteiger charge is 2.36. The van der Waals surface area contributed by atoms with Crippen molar-refractivity contribution in [2.75, 3.05) is 37.7 Å². The maximum atomic E-state index is 13.2. The van der Waals surface area contributed by atoms with Crippen LogP contribution in [-0.2, 0) is 9.53 Å². The van der Waals surface area contributed by atoms with Crippen LogP contribution in [0, 0.1) is 0 Å². The summed E-state index contributed by atoms with van der Waals surface area (Å²) in [5.74, 6) is -0.175. The molecule has 2 amide bonds. The first kappa shape index (κ1) is 20.1. The van der Waals surface area contributed by atoms with Crippen LogP contribution in [0.2, 0.25) is 0 Å². The van der Waals surface area contributed by atoms with Crippen LogP contribution in [-0.4, -0.2) is 62.3 Å². The van der Waals surface area contributed by atoms with Gasteiger partial charge in [-0.15, -0.1) is 0 Å². The van der Waals surface area contributed by atoms with Gasteiger partial charge in [-0.2, -0.15) is 8.78 Å². The van der Waals surface area contributed by atoms with Gasteiger partial charge < -0.3 is 24.0 Å². The molecule has 0 spiro atoms. The number of para-hydroxylation sites is 2. The Morgan fingerprint density at radius 2 is 1.73 bits per heavy atom. The normalized spacial score (nSPS) is 18.6. The Morgan fingerprint density at radius 3 is 2.43 bits per heavy atom. The van der Waals surface area contributed by atoms with E-state index < -0.39 is 12.7 Å². The van der Waals surface area contributed by atoms with E-state index in [0.717, 1.165) is 0 Å². The predicted octanol–water partition coefficient (Wildman–Crippen LogP) is 2.55. The molecule has 2 aromatic rings. The first-order chi connectivity index (χ1) is 14.5. The molecular weight excluding hydrogens is 398 g/mol. The molecule has 1 saturated heterocycles. The summed E-state index contributed by atoms with van der Waals surface area (Å²) in [6.45, 7) is -1.03. The third kappa shape index (κ3) is 4.20. The van der Waals surface area contributed by atoms with Crippen molar-refractivity contribution >= 4 is 17.5 Å². The lowest BCUT2D eigenvalue weighted by Gasteiger charge is -2.37. The number of nitrogens with zero attached hydrogens (tertiary/aromatic N) is 2. The molecule has 2 aromatic carbocycles. The molecule has 4 rings (SSSR count). The maximum Gasteiger partial charge on any atom is 0.387 e. The summed E-state index contributed by atoms with van der Waals surface area (Å²) in [7, 11) is 0. The van der Waals surface area contributed by atoms with Gasteiger partial charge in [-0.3, -0.25) is 9.59 Å². The van der Waals surface area contributed by atoms with Crippen molar-refractivity contribution in [3.63, 3.8) is 0 Å². The van der Waals surface area contributed by atoms with Gasteiger partial charge in [0.05, 0.1) is 25.4 Å². The fourth-order valence-corrected chi connectivity index (χ4v) is 3.48. The molecule has 1 atom stereocenters. The highest BCUT2D eigenvalue weighted by Crippen LogP contribution is 2.34. The van der Waals surface area contributed by atoms with E-state index >= 15 is 0 Å². The third-order valence-electron chi connectivity index (χ3n) is 4.94. The lowest BCUT2D eigenvalue weighted by atomic mass is 10.1. The van der Waals surface area contributed by atoms with Crippen molar-refractivity contribution < 1.29 is 32.6 Å². The van der Waals surface area contributed by atoms with Crippen molar-refractivity contribution in [2.24, 2.45) is 0 Å². The molecule has 0 bridgehead atoms. The van der Waals surface area contributed by atoms with Gasteiger partial charge in [0.15, 0.2) is 6.10 Å². The summed E-state index contributed by atoms with van der Waals surface area (Å²) < 4.78 is 40.2. The molecule has 0 unspecified atom stereocenters. The summed E-state index contributed by atoms with van der Waals surface area (Å²) >= 11 is 0. The predicted molar refractivity (Wildman–Crippen MR) is 103 cm³/mol. The Labute approximate surface area is 171 Å². The number of amides is 2. The highest BCUT2D eigenvalue weighted by atomic mass is 19.3. The van der Waals surface area contributed by atoms with Crippen molar-refractivity contribution in [1.82, 2.24) is 4.90 Å². The standard InChI is InChI=1S/C21H20F2N2O5/c22-21(23)29-15-7-5-14(6-8-15)19(26)25-13-18(20(27)24-9-11-28-12-10-24)30-17-4-2-1-3-16(17)25/h1-8,18,21H,9-13H2/t18-/m1/s1. The first-order valence-electron chi connectivity index (χ1n) is 9.52. The van der Waals surface area contributed by atoms with E-state index in [-0.39, 0.29) is 29.7 Å².